The molecule has 0 aromatic heterocycles. The van der Waals surface area contributed by atoms with Crippen molar-refractivity contribution in [2.75, 3.05) is 13.2 Å². The van der Waals surface area contributed by atoms with Crippen LogP contribution in [-0.4, -0.2) is 48.1 Å². The van der Waals surface area contributed by atoms with Crippen molar-refractivity contribution in [1.29, 1.82) is 0 Å². The smallest absolute Gasteiger partial charge is 0.324 e. The van der Waals surface area contributed by atoms with Crippen LogP contribution in [0.2, 0.25) is 0 Å². The van der Waals surface area contributed by atoms with Crippen molar-refractivity contribution in [3.63, 3.8) is 0 Å². The molecular weight excluding hydrogens is 246 g/mol. The summed E-state index contributed by atoms with van der Waals surface area (Å²) in [5, 5.41) is 12.8. The maximum atomic E-state index is 11.6. The number of carbonyl (C=O) groups is 1. The van der Waals surface area contributed by atoms with Crippen LogP contribution >= 0.6 is 0 Å². The molecule has 3 unspecified atom stereocenters. The summed E-state index contributed by atoms with van der Waals surface area (Å²) in [7, 11) is 0. The minimum Gasteiger partial charge on any atom is -0.480 e. The van der Waals surface area contributed by atoms with E-state index < -0.39 is 11.5 Å². The molecule has 0 aromatic carbocycles. The Morgan fingerprint density at radius 1 is 1.37 bits per heavy atom. The van der Waals surface area contributed by atoms with Gasteiger partial charge >= 0.3 is 5.97 Å². The lowest BCUT2D eigenvalue weighted by molar-refractivity contribution is -0.145. The SMILES string of the molecule is O=C(O)C1(NC2CC2)CCC(OCC2CCCO2)C1. The monoisotopic (exact) mass is 269 g/mol. The van der Waals surface area contributed by atoms with Gasteiger partial charge in [-0.1, -0.05) is 0 Å². The quantitative estimate of drug-likeness (QED) is 0.761. The molecule has 19 heavy (non-hydrogen) atoms. The molecule has 0 aromatic rings. The largest absolute Gasteiger partial charge is 0.480 e. The van der Waals surface area contributed by atoms with E-state index >= 15 is 0 Å². The van der Waals surface area contributed by atoms with Crippen LogP contribution in [0.3, 0.4) is 0 Å². The van der Waals surface area contributed by atoms with Gasteiger partial charge in [-0.3, -0.25) is 10.1 Å². The highest BCUT2D eigenvalue weighted by atomic mass is 16.5. The van der Waals surface area contributed by atoms with Crippen LogP contribution in [0.25, 0.3) is 0 Å². The molecule has 0 spiro atoms. The molecule has 3 atom stereocenters. The predicted molar refractivity (Wildman–Crippen MR) is 69.1 cm³/mol. The number of carboxylic acid groups (broad SMARTS) is 1. The minimum atomic E-state index is -0.748. The van der Waals surface area contributed by atoms with E-state index in [4.69, 9.17) is 9.47 Å². The van der Waals surface area contributed by atoms with Gasteiger partial charge in [-0.2, -0.15) is 0 Å². The zero-order valence-corrected chi connectivity index (χ0v) is 11.3. The molecular formula is C14H23NO4. The Balaban J connectivity index is 1.50. The van der Waals surface area contributed by atoms with Crippen molar-refractivity contribution in [3.8, 4) is 0 Å². The van der Waals surface area contributed by atoms with Crippen LogP contribution in [0.1, 0.15) is 44.9 Å². The molecule has 2 N–H and O–H groups in total. The van der Waals surface area contributed by atoms with Crippen molar-refractivity contribution in [1.82, 2.24) is 5.32 Å². The second kappa shape index (κ2) is 5.38. The normalized spacial score (nSPS) is 38.7. The third-order valence-electron chi connectivity index (χ3n) is 4.48. The molecule has 3 rings (SSSR count). The maximum absolute atomic E-state index is 11.6. The van der Waals surface area contributed by atoms with Gasteiger partial charge in [0.25, 0.3) is 0 Å². The fraction of sp³-hybridized carbons (Fsp3) is 0.929. The molecule has 1 aliphatic heterocycles. The van der Waals surface area contributed by atoms with Crippen LogP contribution in [-0.2, 0) is 14.3 Å². The van der Waals surface area contributed by atoms with Crippen molar-refractivity contribution < 1.29 is 19.4 Å². The number of hydrogen-bond acceptors (Lipinski definition) is 4. The highest BCUT2D eigenvalue weighted by molar-refractivity contribution is 5.79. The maximum Gasteiger partial charge on any atom is 0.324 e. The molecule has 0 amide bonds. The summed E-state index contributed by atoms with van der Waals surface area (Å²) in [6, 6.07) is 0.410. The van der Waals surface area contributed by atoms with Crippen molar-refractivity contribution in [2.24, 2.45) is 0 Å². The molecule has 0 radical (unpaired) electrons. The Labute approximate surface area is 113 Å². The summed E-state index contributed by atoms with van der Waals surface area (Å²) in [4.78, 5) is 11.6. The lowest BCUT2D eigenvalue weighted by Crippen LogP contribution is -2.51. The number of hydrogen-bond donors (Lipinski definition) is 2. The Kier molecular flexibility index (Phi) is 3.78. The highest BCUT2D eigenvalue weighted by Crippen LogP contribution is 2.36. The molecule has 2 saturated carbocycles. The number of ether oxygens (including phenoxy) is 2. The third-order valence-corrected chi connectivity index (χ3v) is 4.48. The second-order valence-electron chi connectivity index (χ2n) is 6.14. The molecule has 3 fully saturated rings. The van der Waals surface area contributed by atoms with E-state index in [0.717, 1.165) is 38.7 Å². The van der Waals surface area contributed by atoms with E-state index in [9.17, 15) is 9.90 Å². The number of nitrogens with one attached hydrogen (secondary N) is 1. The zero-order chi connectivity index (χ0) is 13.3. The highest BCUT2D eigenvalue weighted by Gasteiger charge is 2.48. The van der Waals surface area contributed by atoms with Crippen molar-refractivity contribution in [3.05, 3.63) is 0 Å². The summed E-state index contributed by atoms with van der Waals surface area (Å²) in [6.45, 7) is 1.45. The Morgan fingerprint density at radius 2 is 2.21 bits per heavy atom. The van der Waals surface area contributed by atoms with Crippen molar-refractivity contribution >= 4 is 5.97 Å². The van der Waals surface area contributed by atoms with E-state index in [1.54, 1.807) is 0 Å². The zero-order valence-electron chi connectivity index (χ0n) is 11.3. The van der Waals surface area contributed by atoms with Gasteiger partial charge in [0.05, 0.1) is 18.8 Å². The molecule has 0 bridgehead atoms. The number of rotatable bonds is 6. The van der Waals surface area contributed by atoms with Gasteiger partial charge in [-0.25, -0.2) is 0 Å². The van der Waals surface area contributed by atoms with E-state index in [1.807, 2.05) is 0 Å². The Morgan fingerprint density at radius 3 is 2.84 bits per heavy atom. The van der Waals surface area contributed by atoms with Gasteiger partial charge in [0.2, 0.25) is 0 Å². The average molecular weight is 269 g/mol. The first kappa shape index (κ1) is 13.3. The van der Waals surface area contributed by atoms with Crippen molar-refractivity contribution in [2.45, 2.75) is 68.7 Å². The molecule has 1 saturated heterocycles. The third kappa shape index (κ3) is 3.09. The van der Waals surface area contributed by atoms with Crippen LogP contribution < -0.4 is 5.32 Å². The van der Waals surface area contributed by atoms with Crippen LogP contribution in [0, 0.1) is 0 Å². The summed E-state index contributed by atoms with van der Waals surface area (Å²) in [5.41, 5.74) is -0.748. The van der Waals surface area contributed by atoms with Gasteiger partial charge < -0.3 is 14.6 Å². The minimum absolute atomic E-state index is 0.0616. The molecule has 5 heteroatoms. The number of carboxylic acids is 1. The Hall–Kier alpha value is -0.650. The van der Waals surface area contributed by atoms with E-state index in [1.165, 1.54) is 0 Å². The van der Waals surface area contributed by atoms with Crippen LogP contribution in [0.5, 0.6) is 0 Å². The first-order chi connectivity index (χ1) is 9.18. The lowest BCUT2D eigenvalue weighted by atomic mass is 9.97. The average Bonchev–Trinajstić information content (AvgIpc) is 2.91. The van der Waals surface area contributed by atoms with Gasteiger partial charge in [0.1, 0.15) is 5.54 Å². The van der Waals surface area contributed by atoms with E-state index in [0.29, 0.717) is 25.5 Å². The summed E-state index contributed by atoms with van der Waals surface area (Å²) < 4.78 is 11.4. The molecule has 5 nitrogen and oxygen atoms in total. The molecule has 2 aliphatic carbocycles. The standard InChI is InChI=1S/C14H23NO4/c16-13(17)14(15-10-3-4-10)6-5-11(8-14)19-9-12-2-1-7-18-12/h10-12,15H,1-9H2,(H,16,17). The first-order valence-electron chi connectivity index (χ1n) is 7.42. The predicted octanol–water partition coefficient (Wildman–Crippen LogP) is 1.31. The van der Waals surface area contributed by atoms with Crippen LogP contribution in [0.4, 0.5) is 0 Å². The van der Waals surface area contributed by atoms with Gasteiger partial charge in [0.15, 0.2) is 0 Å². The van der Waals surface area contributed by atoms with Gasteiger partial charge in [0, 0.05) is 19.1 Å². The van der Waals surface area contributed by atoms with E-state index in [2.05, 4.69) is 5.32 Å². The lowest BCUT2D eigenvalue weighted by Gasteiger charge is -2.26. The topological polar surface area (TPSA) is 67.8 Å². The Bertz CT molecular complexity index is 338. The summed E-state index contributed by atoms with van der Waals surface area (Å²) >= 11 is 0. The molecule has 108 valence electrons. The fourth-order valence-electron chi connectivity index (χ4n) is 3.17. The summed E-state index contributed by atoms with van der Waals surface area (Å²) in [6.07, 6.45) is 6.77. The fourth-order valence-corrected chi connectivity index (χ4v) is 3.17. The van der Waals surface area contributed by atoms with E-state index in [-0.39, 0.29) is 12.2 Å². The molecule has 1 heterocycles. The van der Waals surface area contributed by atoms with Crippen LogP contribution in [0.15, 0.2) is 0 Å². The summed E-state index contributed by atoms with van der Waals surface area (Å²) in [5.74, 6) is -0.720. The number of aliphatic carboxylic acids is 1. The molecule has 3 aliphatic rings. The second-order valence-corrected chi connectivity index (χ2v) is 6.14. The van der Waals surface area contributed by atoms with Gasteiger partial charge in [-0.15, -0.1) is 0 Å². The first-order valence-corrected chi connectivity index (χ1v) is 7.42. The van der Waals surface area contributed by atoms with Gasteiger partial charge in [-0.05, 0) is 38.5 Å².